The molecule has 1 aliphatic heterocycles. The molecule has 15 heteroatoms. The average molecular weight is 909 g/mol. The number of alkyl halides is 1. The highest BCUT2D eigenvalue weighted by molar-refractivity contribution is 14.1. The summed E-state index contributed by atoms with van der Waals surface area (Å²) < 4.78 is 48.5. The number of benzene rings is 4. The van der Waals surface area contributed by atoms with Crippen LogP contribution in [-0.4, -0.2) is 109 Å². The molecule has 0 aliphatic carbocycles. The van der Waals surface area contributed by atoms with Crippen LogP contribution in [-0.2, 0) is 35.0 Å². The smallest absolute Gasteiger partial charge is 0.329 e. The van der Waals surface area contributed by atoms with E-state index in [0.717, 1.165) is 26.5 Å². The fraction of sp³-hybridized carbons (Fsp3) is 0.357. The van der Waals surface area contributed by atoms with Gasteiger partial charge in [0.2, 0.25) is 5.95 Å². The molecule has 4 aromatic carbocycles. The molecule has 0 bridgehead atoms. The summed E-state index contributed by atoms with van der Waals surface area (Å²) in [6.45, 7) is 4.08. The van der Waals surface area contributed by atoms with Crippen molar-refractivity contribution in [2.75, 3.05) is 97.8 Å². The number of anilines is 5. The zero-order valence-corrected chi connectivity index (χ0v) is 35.4. The minimum atomic E-state index is -2.42. The van der Waals surface area contributed by atoms with Crippen molar-refractivity contribution in [2.24, 2.45) is 0 Å². The summed E-state index contributed by atoms with van der Waals surface area (Å²) in [5.74, 6) is 0.407. The molecule has 0 saturated carbocycles. The number of rotatable bonds is 20. The third-order valence-corrected chi connectivity index (χ3v) is 10.9. The number of aromatic nitrogens is 2. The van der Waals surface area contributed by atoms with Gasteiger partial charge in [0.1, 0.15) is 11.9 Å². The third-order valence-electron chi connectivity index (χ3n) is 9.73. The number of carbonyl (C=O) groups is 1. The van der Waals surface area contributed by atoms with E-state index in [1.165, 1.54) is 11.4 Å². The van der Waals surface area contributed by atoms with Crippen LogP contribution in [0.25, 0.3) is 21.9 Å². The lowest BCUT2D eigenvalue weighted by Crippen LogP contribution is -2.40. The highest BCUT2D eigenvalue weighted by Gasteiger charge is 2.42. The van der Waals surface area contributed by atoms with Gasteiger partial charge in [0.15, 0.2) is 0 Å². The van der Waals surface area contributed by atoms with Crippen LogP contribution in [0.4, 0.5) is 28.8 Å². The molecule has 5 aromatic rings. The van der Waals surface area contributed by atoms with Crippen LogP contribution in [0.1, 0.15) is 17.9 Å². The summed E-state index contributed by atoms with van der Waals surface area (Å²) in [4.78, 5) is 27.3. The Morgan fingerprint density at radius 1 is 0.895 bits per heavy atom. The highest BCUT2D eigenvalue weighted by atomic mass is 127. The van der Waals surface area contributed by atoms with E-state index in [1.807, 2.05) is 109 Å². The monoisotopic (exact) mass is 908 g/mol. The summed E-state index contributed by atoms with van der Waals surface area (Å²) in [6.07, 6.45) is 2.42. The number of hydrogen-bond acceptors (Lipinski definition) is 11. The Morgan fingerprint density at radius 2 is 1.56 bits per heavy atom. The molecule has 3 atom stereocenters. The zero-order valence-electron chi connectivity index (χ0n) is 32.4. The Bertz CT molecular complexity index is 2110. The topological polar surface area (TPSA) is 139 Å². The van der Waals surface area contributed by atoms with Gasteiger partial charge in [-0.15, -0.1) is 0 Å². The summed E-state index contributed by atoms with van der Waals surface area (Å²) in [6, 6.07) is 28.4. The first-order valence-corrected chi connectivity index (χ1v) is 21.4. The van der Waals surface area contributed by atoms with E-state index in [-0.39, 0.29) is 11.9 Å². The number of halogens is 1. The molecule has 302 valence electrons. The third kappa shape index (κ3) is 10.4. The van der Waals surface area contributed by atoms with Crippen LogP contribution in [0.2, 0.25) is 0 Å². The molecule has 6 rings (SSSR count). The van der Waals surface area contributed by atoms with Crippen LogP contribution in [0.5, 0.6) is 0 Å². The van der Waals surface area contributed by atoms with E-state index in [1.54, 1.807) is 12.3 Å². The molecule has 1 aliphatic rings. The van der Waals surface area contributed by atoms with Crippen molar-refractivity contribution in [3.05, 3.63) is 103 Å². The van der Waals surface area contributed by atoms with Crippen LogP contribution in [0.3, 0.4) is 0 Å². The molecular formula is C42H49IN6O7S. The maximum absolute atomic E-state index is 13.6. The lowest BCUT2D eigenvalue weighted by atomic mass is 9.91. The van der Waals surface area contributed by atoms with Gasteiger partial charge >= 0.3 is 5.97 Å². The van der Waals surface area contributed by atoms with Crippen molar-refractivity contribution in [2.45, 2.75) is 18.4 Å². The minimum absolute atomic E-state index is 0.136. The van der Waals surface area contributed by atoms with Crippen LogP contribution >= 0.6 is 22.6 Å². The minimum Gasteiger partial charge on any atom is -0.467 e. The Morgan fingerprint density at radius 3 is 2.25 bits per heavy atom. The maximum Gasteiger partial charge on any atom is 0.329 e. The molecule has 13 nitrogen and oxygen atoms in total. The molecule has 2 heterocycles. The molecule has 57 heavy (non-hydrogen) atoms. The number of methoxy groups -OCH3 is 1. The van der Waals surface area contributed by atoms with Gasteiger partial charge in [0.05, 0.1) is 58.1 Å². The van der Waals surface area contributed by atoms with E-state index in [0.29, 0.717) is 93.4 Å². The summed E-state index contributed by atoms with van der Waals surface area (Å²) in [5, 5.41) is 5.05. The number of carbonyl (C=O) groups excluding carboxylic acids is 1. The lowest BCUT2D eigenvalue weighted by Gasteiger charge is -2.29. The molecule has 1 saturated heterocycles. The maximum atomic E-state index is 13.6. The molecule has 0 amide bonds. The zero-order chi connectivity index (χ0) is 40.1. The number of nitrogens with one attached hydrogen (secondary N) is 1. The molecule has 2 N–H and O–H groups in total. The number of ether oxygens (including phenoxy) is 4. The van der Waals surface area contributed by atoms with Crippen LogP contribution in [0, 0.1) is 0 Å². The first kappa shape index (κ1) is 42.2. The number of nitrogens with zero attached hydrogens (tertiary/aromatic N) is 5. The van der Waals surface area contributed by atoms with Gasteiger partial charge in [0.25, 0.3) is 11.3 Å². The van der Waals surface area contributed by atoms with Crippen molar-refractivity contribution in [3.63, 3.8) is 0 Å². The van der Waals surface area contributed by atoms with E-state index in [9.17, 15) is 13.6 Å². The summed E-state index contributed by atoms with van der Waals surface area (Å²) in [5.41, 5.74) is 4.45. The Kier molecular flexibility index (Phi) is 15.5. The SMILES string of the molecule is COC(=O)C1C(c2ccccc2)CCN1c1nc(NCCOCCOCCOCCI)ncc1-c1cccc(N(c2cccc3c(N(C)C)cccc23)S(=O)O)c1. The summed E-state index contributed by atoms with van der Waals surface area (Å²) in [7, 11) is 5.35. The average Bonchev–Trinajstić information content (AvgIpc) is 3.68. The second kappa shape index (κ2) is 20.9. The molecule has 1 aromatic heterocycles. The van der Waals surface area contributed by atoms with Crippen molar-refractivity contribution in [1.82, 2.24) is 9.97 Å². The van der Waals surface area contributed by atoms with Gasteiger partial charge in [-0.05, 0) is 41.8 Å². The largest absolute Gasteiger partial charge is 0.467 e. The first-order chi connectivity index (χ1) is 27.8. The number of esters is 1. The van der Waals surface area contributed by atoms with E-state index in [2.05, 4.69) is 32.9 Å². The second-order valence-electron chi connectivity index (χ2n) is 13.5. The standard InChI is InChI=1S/C42H49IN6O7S/c1-47(2)37-16-8-15-35-34(37)14-9-17-38(35)49(57(51)52)32-13-7-12-31(28-32)36-29-45-42(44-20-23-55-25-27-56-26-24-54-22-19-43)46-40(36)48-21-18-33(39(48)41(50)53-3)30-10-5-4-6-11-30/h4-17,28-29,33,39H,18-27H2,1-3H3,(H,51,52)(H,44,45,46). The van der Waals surface area contributed by atoms with Gasteiger partial charge in [-0.2, -0.15) is 4.98 Å². The van der Waals surface area contributed by atoms with E-state index < -0.39 is 17.3 Å². The number of hydrogen-bond donors (Lipinski definition) is 2. The summed E-state index contributed by atoms with van der Waals surface area (Å²) >= 11 is -0.150. The molecular weight excluding hydrogens is 859 g/mol. The fourth-order valence-corrected chi connectivity index (χ4v) is 8.09. The van der Waals surface area contributed by atoms with Crippen LogP contribution < -0.4 is 19.4 Å². The Hall–Kier alpha value is -4.39. The van der Waals surface area contributed by atoms with Crippen LogP contribution in [0.15, 0.2) is 97.2 Å². The van der Waals surface area contributed by atoms with Crippen molar-refractivity contribution in [1.29, 1.82) is 0 Å². The second-order valence-corrected chi connectivity index (χ2v) is 15.4. The van der Waals surface area contributed by atoms with Gasteiger partial charge in [-0.3, -0.25) is 4.55 Å². The first-order valence-electron chi connectivity index (χ1n) is 18.8. The molecule has 1 fully saturated rings. The Labute approximate surface area is 350 Å². The van der Waals surface area contributed by atoms with Gasteiger partial charge in [0, 0.05) is 65.8 Å². The van der Waals surface area contributed by atoms with E-state index in [4.69, 9.17) is 23.9 Å². The van der Waals surface area contributed by atoms with Crippen molar-refractivity contribution < 1.29 is 32.5 Å². The normalized spacial score (nSPS) is 15.8. The molecule has 0 radical (unpaired) electrons. The quantitative estimate of drug-likeness (QED) is 0.0272. The van der Waals surface area contributed by atoms with Crippen molar-refractivity contribution >= 4 is 79.4 Å². The predicted molar refractivity (Wildman–Crippen MR) is 235 cm³/mol. The Balaban J connectivity index is 1.31. The predicted octanol–water partition coefficient (Wildman–Crippen LogP) is 7.07. The van der Waals surface area contributed by atoms with Gasteiger partial charge < -0.3 is 34.1 Å². The fourth-order valence-electron chi connectivity index (χ4n) is 7.16. The van der Waals surface area contributed by atoms with Crippen molar-refractivity contribution in [3.8, 4) is 11.1 Å². The highest BCUT2D eigenvalue weighted by Crippen LogP contribution is 2.42. The molecule has 3 unspecified atom stereocenters. The van der Waals surface area contributed by atoms with Gasteiger partial charge in [-0.25, -0.2) is 18.3 Å². The number of fused-ring (bicyclic) bond motifs is 1. The molecule has 0 spiro atoms. The van der Waals surface area contributed by atoms with E-state index >= 15 is 0 Å². The van der Waals surface area contributed by atoms with Gasteiger partial charge in [-0.1, -0.05) is 89.3 Å². The lowest BCUT2D eigenvalue weighted by molar-refractivity contribution is -0.142.